The fraction of sp³-hybridized carbons (Fsp3) is 0.344. The summed E-state index contributed by atoms with van der Waals surface area (Å²) in [7, 11) is -3.97. The van der Waals surface area contributed by atoms with Crippen LogP contribution < -0.4 is 31.8 Å². The summed E-state index contributed by atoms with van der Waals surface area (Å²) in [5, 5.41) is 21.6. The Labute approximate surface area is 317 Å². The van der Waals surface area contributed by atoms with E-state index in [0.717, 1.165) is 57.4 Å². The molecule has 18 heteroatoms. The first-order valence-electron chi connectivity index (χ1n) is 15.6. The van der Waals surface area contributed by atoms with Crippen LogP contribution in [0.1, 0.15) is 43.5 Å². The third kappa shape index (κ3) is 11.2. The van der Waals surface area contributed by atoms with Crippen molar-refractivity contribution in [2.75, 3.05) is 36.8 Å². The number of aliphatic imine (C=N–C) groups is 2. The van der Waals surface area contributed by atoms with Crippen molar-refractivity contribution < 1.29 is 13.2 Å². The third-order valence-electron chi connectivity index (χ3n) is 7.68. The molecule has 0 aromatic heterocycles. The second-order valence-corrected chi connectivity index (χ2v) is 15.0. The number of anilines is 2. The van der Waals surface area contributed by atoms with Gasteiger partial charge >= 0.3 is 0 Å². The molecule has 3 aliphatic heterocycles. The molecule has 12 nitrogen and oxygen atoms in total. The number of guanidine groups is 2. The Hall–Kier alpha value is -3.01. The summed E-state index contributed by atoms with van der Waals surface area (Å²) in [5.41, 5.74) is 4.45. The number of carbonyl (C=O) groups excluding carboxylic acids is 1. The van der Waals surface area contributed by atoms with E-state index in [1.165, 1.54) is 18.2 Å². The van der Waals surface area contributed by atoms with Crippen LogP contribution in [0.3, 0.4) is 0 Å². The summed E-state index contributed by atoms with van der Waals surface area (Å²) in [4.78, 5) is 20.5. The van der Waals surface area contributed by atoms with Crippen LogP contribution in [-0.2, 0) is 10.0 Å². The maximum atomic E-state index is 12.4. The monoisotopic (exact) mass is 803 g/mol. The summed E-state index contributed by atoms with van der Waals surface area (Å²) >= 11 is 29.7. The number of carbonyl (C=O) groups is 1. The molecular formula is C32H38Cl5N9O3S. The maximum Gasteiger partial charge on any atom is 0.265 e. The standard InChI is InChI=1S/C14H20ClN3O3S.2C9H9Cl2N3/c1-9-4-3-5-10(2)18(9)17-14(19)11-6-7-12(15)13(8-11)22(16,20)21;2*10-6-2-1-3-7(11)8(6)14-9-12-4-5-13-9/h6-10H,3-5H2,1-2H3,(H,17,19)(H2,16,20,21);2*1-3H,4-5H2,(H2,12,13,14). The van der Waals surface area contributed by atoms with Crippen molar-refractivity contribution in [3.63, 3.8) is 0 Å². The zero-order chi connectivity index (χ0) is 36.4. The molecule has 0 aliphatic carbocycles. The number of amides is 1. The van der Waals surface area contributed by atoms with Crippen LogP contribution in [0.25, 0.3) is 0 Å². The Kier molecular flexibility index (Phi) is 14.7. The molecular weight excluding hydrogens is 768 g/mol. The number of hydrazine groups is 1. The molecule has 270 valence electrons. The molecule has 3 aliphatic rings. The van der Waals surface area contributed by atoms with E-state index in [-0.39, 0.29) is 33.5 Å². The minimum atomic E-state index is -3.97. The van der Waals surface area contributed by atoms with Crippen LogP contribution in [-0.4, -0.2) is 69.5 Å². The highest BCUT2D eigenvalue weighted by Crippen LogP contribution is 2.31. The minimum absolute atomic E-state index is 0.00115. The number of benzene rings is 3. The molecule has 0 spiro atoms. The zero-order valence-corrected chi connectivity index (χ0v) is 31.8. The van der Waals surface area contributed by atoms with E-state index < -0.39 is 10.0 Å². The molecule has 3 aromatic rings. The van der Waals surface area contributed by atoms with E-state index in [4.69, 9.17) is 63.1 Å². The highest BCUT2D eigenvalue weighted by Gasteiger charge is 2.27. The zero-order valence-electron chi connectivity index (χ0n) is 27.2. The smallest absolute Gasteiger partial charge is 0.265 e. The summed E-state index contributed by atoms with van der Waals surface area (Å²) < 4.78 is 22.9. The van der Waals surface area contributed by atoms with Crippen LogP contribution >= 0.6 is 58.0 Å². The molecule has 0 radical (unpaired) electrons. The number of nitrogens with zero attached hydrogens (tertiary/aromatic N) is 3. The number of sulfonamides is 1. The van der Waals surface area contributed by atoms with Gasteiger partial charge in [-0.25, -0.2) is 18.6 Å². The van der Waals surface area contributed by atoms with E-state index in [1.807, 2.05) is 18.9 Å². The highest BCUT2D eigenvalue weighted by atomic mass is 35.5. The summed E-state index contributed by atoms with van der Waals surface area (Å²) in [6.07, 6.45) is 3.15. The lowest BCUT2D eigenvalue weighted by atomic mass is 10.00. The normalized spacial score (nSPS) is 18.6. The van der Waals surface area contributed by atoms with Gasteiger partial charge in [0.05, 0.1) is 49.6 Å². The number of piperidine rings is 1. The fourth-order valence-electron chi connectivity index (χ4n) is 5.12. The van der Waals surface area contributed by atoms with Crippen LogP contribution in [0, 0.1) is 0 Å². The van der Waals surface area contributed by atoms with E-state index >= 15 is 0 Å². The van der Waals surface area contributed by atoms with Gasteiger partial charge in [-0.15, -0.1) is 0 Å². The minimum Gasteiger partial charge on any atom is -0.354 e. The van der Waals surface area contributed by atoms with Crippen LogP contribution in [0.5, 0.6) is 0 Å². The third-order valence-corrected chi connectivity index (χ3v) is 10.3. The molecule has 3 heterocycles. The molecule has 0 bridgehead atoms. The molecule has 2 atom stereocenters. The van der Waals surface area contributed by atoms with E-state index in [1.54, 1.807) is 36.4 Å². The summed E-state index contributed by atoms with van der Waals surface area (Å²) in [6, 6.07) is 15.2. The lowest BCUT2D eigenvalue weighted by Gasteiger charge is -2.38. The average molecular weight is 806 g/mol. The van der Waals surface area contributed by atoms with Crippen molar-refractivity contribution in [3.05, 3.63) is 85.3 Å². The summed E-state index contributed by atoms with van der Waals surface area (Å²) in [6.45, 7) is 7.37. The lowest BCUT2D eigenvalue weighted by molar-refractivity contribution is 0.0369. The molecule has 0 saturated carbocycles. The lowest BCUT2D eigenvalue weighted by Crippen LogP contribution is -2.54. The molecule has 1 fully saturated rings. The average Bonchev–Trinajstić information content (AvgIpc) is 3.78. The van der Waals surface area contributed by atoms with E-state index in [2.05, 4.69) is 36.7 Å². The molecule has 6 rings (SSSR count). The molecule has 1 amide bonds. The molecule has 50 heavy (non-hydrogen) atoms. The SMILES string of the molecule is CC1CCCC(C)N1NC(=O)c1ccc(Cl)c(S(N)(=O)=O)c1.Clc1cccc(Cl)c1NC1=NCCN1.Clc1cccc(Cl)c1NC1=NCCN1. The molecule has 2 unspecified atom stereocenters. The van der Waals surface area contributed by atoms with Gasteiger partial charge in [-0.2, -0.15) is 0 Å². The van der Waals surface area contributed by atoms with Gasteiger partial charge < -0.3 is 21.3 Å². The van der Waals surface area contributed by atoms with Crippen molar-refractivity contribution in [2.45, 2.75) is 50.1 Å². The van der Waals surface area contributed by atoms with Crippen molar-refractivity contribution in [2.24, 2.45) is 15.1 Å². The largest absolute Gasteiger partial charge is 0.354 e. The van der Waals surface area contributed by atoms with Crippen molar-refractivity contribution in [1.29, 1.82) is 0 Å². The van der Waals surface area contributed by atoms with Gasteiger partial charge in [-0.05, 0) is 69.2 Å². The number of para-hydroxylation sites is 2. The topological polar surface area (TPSA) is 165 Å². The number of primary sulfonamides is 1. The van der Waals surface area contributed by atoms with Crippen molar-refractivity contribution >= 4 is 97.2 Å². The Morgan fingerprint density at radius 3 is 1.64 bits per heavy atom. The first kappa shape index (κ1) is 39.8. The van der Waals surface area contributed by atoms with E-state index in [0.29, 0.717) is 31.5 Å². The second-order valence-electron chi connectivity index (χ2n) is 11.4. The Morgan fingerprint density at radius 1 is 0.780 bits per heavy atom. The first-order chi connectivity index (χ1) is 23.7. The molecule has 7 N–H and O–H groups in total. The first-order valence-corrected chi connectivity index (χ1v) is 19.1. The molecule has 3 aromatic carbocycles. The predicted molar refractivity (Wildman–Crippen MR) is 206 cm³/mol. The van der Waals surface area contributed by atoms with Gasteiger partial charge in [0.15, 0.2) is 11.9 Å². The highest BCUT2D eigenvalue weighted by molar-refractivity contribution is 7.89. The Morgan fingerprint density at radius 2 is 1.24 bits per heavy atom. The van der Waals surface area contributed by atoms with Gasteiger partial charge in [0.1, 0.15) is 4.90 Å². The van der Waals surface area contributed by atoms with Crippen molar-refractivity contribution in [3.8, 4) is 0 Å². The van der Waals surface area contributed by atoms with Gasteiger partial charge in [0.2, 0.25) is 10.0 Å². The van der Waals surface area contributed by atoms with Crippen LogP contribution in [0.2, 0.25) is 25.1 Å². The number of rotatable bonds is 5. The summed E-state index contributed by atoms with van der Waals surface area (Å²) in [5.74, 6) is 1.07. The fourth-order valence-corrected chi connectivity index (χ4v) is 7.18. The Balaban J connectivity index is 0.000000175. The number of nitrogens with two attached hydrogens (primary N) is 1. The quantitative estimate of drug-likeness (QED) is 0.168. The van der Waals surface area contributed by atoms with Gasteiger partial charge in [0.25, 0.3) is 5.91 Å². The number of hydrogen-bond acceptors (Lipinski definition) is 10. The van der Waals surface area contributed by atoms with E-state index in [9.17, 15) is 13.2 Å². The maximum absolute atomic E-state index is 12.4. The second kappa shape index (κ2) is 18.5. The van der Waals surface area contributed by atoms with Gasteiger partial charge in [-0.3, -0.25) is 20.2 Å². The predicted octanol–water partition coefficient (Wildman–Crippen LogP) is 6.62. The van der Waals surface area contributed by atoms with Crippen LogP contribution in [0.4, 0.5) is 11.4 Å². The van der Waals surface area contributed by atoms with Crippen molar-refractivity contribution in [1.82, 2.24) is 21.1 Å². The number of hydrogen-bond donors (Lipinski definition) is 6. The molecule has 1 saturated heterocycles. The van der Waals surface area contributed by atoms with Gasteiger partial charge in [-0.1, -0.05) is 76.6 Å². The Bertz CT molecular complexity index is 1720. The number of halogens is 5. The number of nitrogens with one attached hydrogen (secondary N) is 5. The van der Waals surface area contributed by atoms with Crippen LogP contribution in [0.15, 0.2) is 69.5 Å². The van der Waals surface area contributed by atoms with Gasteiger partial charge in [0, 0.05) is 30.7 Å².